The first-order chi connectivity index (χ1) is 5.85. The third-order valence-electron chi connectivity index (χ3n) is 1.85. The molecule has 0 aromatic carbocycles. The fourth-order valence-electron chi connectivity index (χ4n) is 1.14. The Balaban J connectivity index is 3.46. The summed E-state index contributed by atoms with van der Waals surface area (Å²) in [6, 6.07) is 0. The van der Waals surface area contributed by atoms with Gasteiger partial charge in [0.15, 0.2) is 0 Å². The molecule has 0 N–H and O–H groups in total. The number of alkyl halides is 1. The normalized spacial score (nSPS) is 12.8. The van der Waals surface area contributed by atoms with Crippen molar-refractivity contribution >= 4 is 15.9 Å². The second-order valence-electron chi connectivity index (χ2n) is 2.86. The van der Waals surface area contributed by atoms with Gasteiger partial charge in [0, 0.05) is 5.33 Å². The fraction of sp³-hybridized carbons (Fsp3) is 0.636. The number of allylic oxidation sites excluding steroid dienone is 4. The smallest absolute Gasteiger partial charge is 0.00313 e. The summed E-state index contributed by atoms with van der Waals surface area (Å²) < 4.78 is 0. The van der Waals surface area contributed by atoms with E-state index in [4.69, 9.17) is 0 Å². The van der Waals surface area contributed by atoms with Crippen LogP contribution in [0.5, 0.6) is 0 Å². The molecule has 0 atom stereocenters. The van der Waals surface area contributed by atoms with Crippen LogP contribution in [0.15, 0.2) is 23.8 Å². The van der Waals surface area contributed by atoms with Gasteiger partial charge in [-0.3, -0.25) is 0 Å². The average molecular weight is 231 g/mol. The molecule has 0 spiro atoms. The Morgan fingerprint density at radius 1 is 1.17 bits per heavy atom. The quantitative estimate of drug-likeness (QED) is 0.359. The standard InChI is InChI=1S/C11H19Br/c1-3-8-11(4-2)9-6-5-7-10-12/h3-4,8H,5-7,9-10H2,1-2H3/b8-3-,11-4+. The van der Waals surface area contributed by atoms with Crippen molar-refractivity contribution in [2.75, 3.05) is 5.33 Å². The van der Waals surface area contributed by atoms with Crippen molar-refractivity contribution < 1.29 is 0 Å². The minimum Gasteiger partial charge on any atom is -0.0928 e. The minimum absolute atomic E-state index is 1.14. The monoisotopic (exact) mass is 230 g/mol. The molecule has 0 aliphatic rings. The molecule has 0 rings (SSSR count). The Hall–Kier alpha value is -0.0400. The van der Waals surface area contributed by atoms with Gasteiger partial charge in [-0.15, -0.1) is 0 Å². The zero-order valence-corrected chi connectivity index (χ0v) is 9.73. The maximum atomic E-state index is 3.44. The molecule has 0 radical (unpaired) electrons. The highest BCUT2D eigenvalue weighted by Crippen LogP contribution is 2.10. The Morgan fingerprint density at radius 2 is 1.92 bits per heavy atom. The van der Waals surface area contributed by atoms with E-state index in [0.717, 1.165) is 5.33 Å². The molecular formula is C11H19Br. The number of unbranched alkanes of at least 4 members (excludes halogenated alkanes) is 2. The van der Waals surface area contributed by atoms with Crippen molar-refractivity contribution in [2.45, 2.75) is 39.5 Å². The van der Waals surface area contributed by atoms with Crippen LogP contribution in [0, 0.1) is 0 Å². The number of hydrogen-bond donors (Lipinski definition) is 0. The summed E-state index contributed by atoms with van der Waals surface area (Å²) in [4.78, 5) is 0. The molecule has 70 valence electrons. The lowest BCUT2D eigenvalue weighted by Gasteiger charge is -2.00. The van der Waals surface area contributed by atoms with E-state index in [1.54, 1.807) is 0 Å². The molecule has 0 aliphatic carbocycles. The minimum atomic E-state index is 1.14. The van der Waals surface area contributed by atoms with Crippen molar-refractivity contribution in [3.8, 4) is 0 Å². The molecule has 0 unspecified atom stereocenters. The van der Waals surface area contributed by atoms with Gasteiger partial charge < -0.3 is 0 Å². The van der Waals surface area contributed by atoms with E-state index < -0.39 is 0 Å². The molecule has 0 saturated carbocycles. The Kier molecular flexibility index (Phi) is 9.02. The maximum absolute atomic E-state index is 3.44. The van der Waals surface area contributed by atoms with Gasteiger partial charge in [0.2, 0.25) is 0 Å². The molecule has 1 heteroatoms. The number of hydrogen-bond acceptors (Lipinski definition) is 0. The molecule has 0 amide bonds. The summed E-state index contributed by atoms with van der Waals surface area (Å²) in [6.45, 7) is 4.18. The Morgan fingerprint density at radius 3 is 2.42 bits per heavy atom. The van der Waals surface area contributed by atoms with Crippen LogP contribution in [0.25, 0.3) is 0 Å². The van der Waals surface area contributed by atoms with Gasteiger partial charge in [-0.05, 0) is 33.1 Å². The van der Waals surface area contributed by atoms with E-state index in [-0.39, 0.29) is 0 Å². The van der Waals surface area contributed by atoms with Crippen molar-refractivity contribution in [1.82, 2.24) is 0 Å². The summed E-state index contributed by atoms with van der Waals surface area (Å²) in [5.74, 6) is 0. The average Bonchev–Trinajstić information content (AvgIpc) is 2.10. The van der Waals surface area contributed by atoms with Gasteiger partial charge in [0.05, 0.1) is 0 Å². The molecule has 0 saturated heterocycles. The third-order valence-corrected chi connectivity index (χ3v) is 2.41. The summed E-state index contributed by atoms with van der Waals surface area (Å²) in [5.41, 5.74) is 1.46. The van der Waals surface area contributed by atoms with E-state index in [1.165, 1.54) is 31.3 Å². The summed E-state index contributed by atoms with van der Waals surface area (Å²) in [7, 11) is 0. The first-order valence-corrected chi connectivity index (χ1v) is 5.81. The highest BCUT2D eigenvalue weighted by molar-refractivity contribution is 9.09. The highest BCUT2D eigenvalue weighted by Gasteiger charge is 1.91. The second-order valence-corrected chi connectivity index (χ2v) is 3.66. The van der Waals surface area contributed by atoms with Crippen molar-refractivity contribution in [2.24, 2.45) is 0 Å². The van der Waals surface area contributed by atoms with Crippen LogP contribution in [0.2, 0.25) is 0 Å². The Labute approximate surface area is 84.9 Å². The largest absolute Gasteiger partial charge is 0.0928 e. The fourth-order valence-corrected chi connectivity index (χ4v) is 1.53. The molecule has 0 aromatic heterocycles. The van der Waals surface area contributed by atoms with Crippen molar-refractivity contribution in [3.05, 3.63) is 23.8 Å². The van der Waals surface area contributed by atoms with E-state index in [1.807, 2.05) is 0 Å². The lowest BCUT2D eigenvalue weighted by atomic mass is 10.1. The summed E-state index contributed by atoms with van der Waals surface area (Å²) in [5, 5.41) is 1.14. The SMILES string of the molecule is C/C=C\C(=C/C)CCCCCBr. The van der Waals surface area contributed by atoms with Crippen LogP contribution in [-0.4, -0.2) is 5.33 Å². The lowest BCUT2D eigenvalue weighted by Crippen LogP contribution is -1.81. The second kappa shape index (κ2) is 9.05. The molecule has 0 aliphatic heterocycles. The van der Waals surface area contributed by atoms with Gasteiger partial charge in [-0.1, -0.05) is 46.2 Å². The van der Waals surface area contributed by atoms with Crippen LogP contribution in [0.4, 0.5) is 0 Å². The summed E-state index contributed by atoms with van der Waals surface area (Å²) >= 11 is 3.44. The number of halogens is 1. The van der Waals surface area contributed by atoms with Crippen LogP contribution >= 0.6 is 15.9 Å². The van der Waals surface area contributed by atoms with Gasteiger partial charge >= 0.3 is 0 Å². The highest BCUT2D eigenvalue weighted by atomic mass is 79.9. The van der Waals surface area contributed by atoms with Gasteiger partial charge in [-0.2, -0.15) is 0 Å². The first kappa shape index (κ1) is 12.0. The third kappa shape index (κ3) is 6.66. The summed E-state index contributed by atoms with van der Waals surface area (Å²) in [6.07, 6.45) is 11.7. The predicted molar refractivity (Wildman–Crippen MR) is 60.8 cm³/mol. The van der Waals surface area contributed by atoms with Crippen LogP contribution in [0.1, 0.15) is 39.5 Å². The van der Waals surface area contributed by atoms with Crippen LogP contribution < -0.4 is 0 Å². The zero-order chi connectivity index (χ0) is 9.23. The first-order valence-electron chi connectivity index (χ1n) is 4.69. The molecule has 12 heavy (non-hydrogen) atoms. The van der Waals surface area contributed by atoms with Gasteiger partial charge in [0.1, 0.15) is 0 Å². The predicted octanol–water partition coefficient (Wildman–Crippen LogP) is 4.46. The topological polar surface area (TPSA) is 0 Å². The molecule has 0 nitrogen and oxygen atoms in total. The molecule has 0 fully saturated rings. The lowest BCUT2D eigenvalue weighted by molar-refractivity contribution is 0.726. The van der Waals surface area contributed by atoms with E-state index >= 15 is 0 Å². The van der Waals surface area contributed by atoms with Gasteiger partial charge in [-0.25, -0.2) is 0 Å². The number of rotatable bonds is 6. The van der Waals surface area contributed by atoms with E-state index in [2.05, 4.69) is 48.0 Å². The van der Waals surface area contributed by atoms with E-state index in [0.29, 0.717) is 0 Å². The van der Waals surface area contributed by atoms with Crippen molar-refractivity contribution in [1.29, 1.82) is 0 Å². The van der Waals surface area contributed by atoms with Gasteiger partial charge in [0.25, 0.3) is 0 Å². The molecule has 0 heterocycles. The van der Waals surface area contributed by atoms with Crippen LogP contribution in [0.3, 0.4) is 0 Å². The maximum Gasteiger partial charge on any atom is 0.00313 e. The Bertz CT molecular complexity index is 145. The molecule has 0 bridgehead atoms. The van der Waals surface area contributed by atoms with Crippen LogP contribution in [-0.2, 0) is 0 Å². The molecular weight excluding hydrogens is 212 g/mol. The van der Waals surface area contributed by atoms with E-state index in [9.17, 15) is 0 Å². The van der Waals surface area contributed by atoms with Crippen molar-refractivity contribution in [3.63, 3.8) is 0 Å². The zero-order valence-electron chi connectivity index (χ0n) is 8.15. The molecule has 0 aromatic rings.